The first-order valence-corrected chi connectivity index (χ1v) is 3.78. The minimum Gasteiger partial charge on any atom is -0.385 e. The Morgan fingerprint density at radius 3 is 3.00 bits per heavy atom. The number of fused-ring (bicyclic) bond motifs is 1. The summed E-state index contributed by atoms with van der Waals surface area (Å²) in [6.45, 7) is 0. The zero-order chi connectivity index (χ0) is 6.97. The van der Waals surface area contributed by atoms with Gasteiger partial charge in [0.25, 0.3) is 0 Å². The molecule has 0 aromatic heterocycles. The van der Waals surface area contributed by atoms with Crippen LogP contribution in [-0.2, 0) is 0 Å². The lowest BCUT2D eigenvalue weighted by Crippen LogP contribution is -2.28. The molecule has 3 heteroatoms. The Kier molecular flexibility index (Phi) is 1.22. The van der Waals surface area contributed by atoms with Gasteiger partial charge < -0.3 is 5.73 Å². The molecule has 54 valence electrons. The monoisotopic (exact) mass is 137 g/mol. The lowest BCUT2D eigenvalue weighted by atomic mass is 9.87. The van der Waals surface area contributed by atoms with Gasteiger partial charge in [0.05, 0.1) is 11.6 Å². The van der Waals surface area contributed by atoms with E-state index in [1.807, 2.05) is 0 Å². The van der Waals surface area contributed by atoms with Crippen LogP contribution in [0, 0.1) is 5.92 Å². The van der Waals surface area contributed by atoms with E-state index >= 15 is 0 Å². The molecular formula is C7H11N3. The van der Waals surface area contributed by atoms with Gasteiger partial charge in [-0.1, -0.05) is 6.42 Å². The lowest BCUT2D eigenvalue weighted by molar-refractivity contribution is 0.617. The Morgan fingerprint density at radius 2 is 2.20 bits per heavy atom. The van der Waals surface area contributed by atoms with Gasteiger partial charge in [0.15, 0.2) is 0 Å². The Labute approximate surface area is 60.0 Å². The van der Waals surface area contributed by atoms with Gasteiger partial charge in [-0.05, 0) is 19.3 Å². The van der Waals surface area contributed by atoms with Crippen molar-refractivity contribution in [2.75, 3.05) is 0 Å². The normalized spacial score (nSPS) is 31.0. The fourth-order valence-electron chi connectivity index (χ4n) is 1.63. The Balaban J connectivity index is 2.19. The third-order valence-corrected chi connectivity index (χ3v) is 2.23. The summed E-state index contributed by atoms with van der Waals surface area (Å²) in [5.74, 6) is 1.14. The first kappa shape index (κ1) is 5.89. The number of nitrogens with two attached hydrogens (primary N) is 1. The molecule has 0 spiro atoms. The van der Waals surface area contributed by atoms with Gasteiger partial charge in [0.1, 0.15) is 5.84 Å². The minimum atomic E-state index is 0.411. The Morgan fingerprint density at radius 1 is 1.30 bits per heavy atom. The van der Waals surface area contributed by atoms with Crippen molar-refractivity contribution in [1.82, 2.24) is 0 Å². The molecule has 10 heavy (non-hydrogen) atoms. The molecule has 0 saturated heterocycles. The van der Waals surface area contributed by atoms with Crippen LogP contribution in [0.1, 0.15) is 25.7 Å². The molecule has 1 heterocycles. The molecule has 0 aromatic carbocycles. The van der Waals surface area contributed by atoms with Crippen LogP contribution < -0.4 is 5.73 Å². The van der Waals surface area contributed by atoms with Crippen LogP contribution >= 0.6 is 0 Å². The largest absolute Gasteiger partial charge is 0.385 e. The van der Waals surface area contributed by atoms with E-state index in [0.717, 1.165) is 18.7 Å². The average molecular weight is 137 g/mol. The van der Waals surface area contributed by atoms with Crippen LogP contribution in [0.15, 0.2) is 10.2 Å². The fourth-order valence-corrected chi connectivity index (χ4v) is 1.63. The van der Waals surface area contributed by atoms with Gasteiger partial charge in [-0.2, -0.15) is 5.10 Å². The van der Waals surface area contributed by atoms with Crippen molar-refractivity contribution in [3.63, 3.8) is 0 Å². The van der Waals surface area contributed by atoms with Crippen molar-refractivity contribution < 1.29 is 0 Å². The molecule has 0 radical (unpaired) electrons. The van der Waals surface area contributed by atoms with Crippen molar-refractivity contribution in [2.45, 2.75) is 25.7 Å². The SMILES string of the molecule is NC1=NN=C2CCCCC12. The second-order valence-electron chi connectivity index (χ2n) is 2.91. The summed E-state index contributed by atoms with van der Waals surface area (Å²) in [4.78, 5) is 0. The second-order valence-corrected chi connectivity index (χ2v) is 2.91. The van der Waals surface area contributed by atoms with Gasteiger partial charge in [-0.3, -0.25) is 0 Å². The number of nitrogens with zero attached hydrogens (tertiary/aromatic N) is 2. The van der Waals surface area contributed by atoms with Crippen molar-refractivity contribution in [2.24, 2.45) is 21.9 Å². The number of hydrogen-bond acceptors (Lipinski definition) is 3. The van der Waals surface area contributed by atoms with Crippen molar-refractivity contribution in [1.29, 1.82) is 0 Å². The van der Waals surface area contributed by atoms with Crippen LogP contribution in [0.25, 0.3) is 0 Å². The zero-order valence-corrected chi connectivity index (χ0v) is 5.88. The summed E-state index contributed by atoms with van der Waals surface area (Å²) in [6.07, 6.45) is 4.81. The summed E-state index contributed by atoms with van der Waals surface area (Å²) >= 11 is 0. The predicted octanol–water partition coefficient (Wildman–Crippen LogP) is 0.903. The standard InChI is InChI=1S/C7H11N3/c8-7-5-3-1-2-4-6(5)9-10-7/h5H,1-4H2,(H2,8,10). The first-order chi connectivity index (χ1) is 4.88. The maximum atomic E-state index is 5.62. The molecule has 2 rings (SSSR count). The van der Waals surface area contributed by atoms with Gasteiger partial charge in [0, 0.05) is 0 Å². The molecule has 2 N–H and O–H groups in total. The van der Waals surface area contributed by atoms with Gasteiger partial charge in [-0.15, -0.1) is 5.10 Å². The number of amidine groups is 1. The van der Waals surface area contributed by atoms with Crippen molar-refractivity contribution in [3.8, 4) is 0 Å². The van der Waals surface area contributed by atoms with Gasteiger partial charge in [-0.25, -0.2) is 0 Å². The summed E-state index contributed by atoms with van der Waals surface area (Å²) in [6, 6.07) is 0. The van der Waals surface area contributed by atoms with Crippen LogP contribution in [0.4, 0.5) is 0 Å². The molecule has 3 nitrogen and oxygen atoms in total. The maximum absolute atomic E-state index is 5.62. The van der Waals surface area contributed by atoms with Crippen LogP contribution in [0.5, 0.6) is 0 Å². The molecule has 1 aliphatic carbocycles. The molecule has 1 aliphatic heterocycles. The summed E-state index contributed by atoms with van der Waals surface area (Å²) < 4.78 is 0. The smallest absolute Gasteiger partial charge is 0.131 e. The molecule has 2 aliphatic rings. The molecule has 0 amide bonds. The molecule has 1 fully saturated rings. The number of rotatable bonds is 0. The van der Waals surface area contributed by atoms with Gasteiger partial charge >= 0.3 is 0 Å². The molecule has 1 atom stereocenters. The van der Waals surface area contributed by atoms with Crippen LogP contribution in [0.3, 0.4) is 0 Å². The molecule has 0 aromatic rings. The van der Waals surface area contributed by atoms with Crippen LogP contribution in [-0.4, -0.2) is 11.5 Å². The second kappa shape index (κ2) is 2.08. The van der Waals surface area contributed by atoms with E-state index in [9.17, 15) is 0 Å². The molecule has 0 bridgehead atoms. The zero-order valence-electron chi connectivity index (χ0n) is 5.88. The molecule has 1 saturated carbocycles. The minimum absolute atomic E-state index is 0.411. The van der Waals surface area contributed by atoms with Crippen LogP contribution in [0.2, 0.25) is 0 Å². The Hall–Kier alpha value is -0.860. The highest BCUT2D eigenvalue weighted by molar-refractivity contribution is 6.09. The third-order valence-electron chi connectivity index (χ3n) is 2.23. The van der Waals surface area contributed by atoms with E-state index in [1.54, 1.807) is 0 Å². The quantitative estimate of drug-likeness (QED) is 0.530. The highest BCUT2D eigenvalue weighted by Gasteiger charge is 2.27. The molecule has 1 unspecified atom stereocenters. The van der Waals surface area contributed by atoms with E-state index in [4.69, 9.17) is 5.73 Å². The fraction of sp³-hybridized carbons (Fsp3) is 0.714. The van der Waals surface area contributed by atoms with E-state index in [2.05, 4.69) is 10.2 Å². The highest BCUT2D eigenvalue weighted by Crippen LogP contribution is 2.25. The van der Waals surface area contributed by atoms with E-state index in [-0.39, 0.29) is 0 Å². The number of hydrogen-bond donors (Lipinski definition) is 1. The third kappa shape index (κ3) is 0.735. The van der Waals surface area contributed by atoms with E-state index in [1.165, 1.54) is 18.6 Å². The predicted molar refractivity (Wildman–Crippen MR) is 41.0 cm³/mol. The van der Waals surface area contributed by atoms with Crippen molar-refractivity contribution in [3.05, 3.63) is 0 Å². The first-order valence-electron chi connectivity index (χ1n) is 3.78. The Bertz CT molecular complexity index is 205. The average Bonchev–Trinajstić information content (AvgIpc) is 2.34. The summed E-state index contributed by atoms with van der Waals surface area (Å²) in [7, 11) is 0. The van der Waals surface area contributed by atoms with E-state index in [0.29, 0.717) is 5.92 Å². The van der Waals surface area contributed by atoms with Gasteiger partial charge in [0.2, 0.25) is 0 Å². The highest BCUT2D eigenvalue weighted by atomic mass is 15.3. The molecular weight excluding hydrogens is 126 g/mol. The summed E-state index contributed by atoms with van der Waals surface area (Å²) in [5.41, 5.74) is 6.84. The van der Waals surface area contributed by atoms with Crippen molar-refractivity contribution >= 4 is 11.5 Å². The topological polar surface area (TPSA) is 50.7 Å². The maximum Gasteiger partial charge on any atom is 0.131 e. The van der Waals surface area contributed by atoms with E-state index < -0.39 is 0 Å². The lowest BCUT2D eigenvalue weighted by Gasteiger charge is -2.17. The summed E-state index contributed by atoms with van der Waals surface area (Å²) in [5, 5.41) is 7.88.